The first-order chi connectivity index (χ1) is 8.03. The number of alkyl halides is 3. The summed E-state index contributed by atoms with van der Waals surface area (Å²) in [5.74, 6) is -1.31. The summed E-state index contributed by atoms with van der Waals surface area (Å²) in [5, 5.41) is 10.9. The highest BCUT2D eigenvalue weighted by Gasteiger charge is 2.42. The van der Waals surface area contributed by atoms with E-state index in [0.717, 1.165) is 0 Å². The molecule has 2 N–H and O–H groups in total. The lowest BCUT2D eigenvalue weighted by Crippen LogP contribution is -2.56. The lowest BCUT2D eigenvalue weighted by molar-refractivity contribution is -0.144. The van der Waals surface area contributed by atoms with Gasteiger partial charge in [0.1, 0.15) is 12.1 Å². The lowest BCUT2D eigenvalue weighted by atomic mass is 10.1. The molecule has 0 spiro atoms. The van der Waals surface area contributed by atoms with Gasteiger partial charge in [0.25, 0.3) is 0 Å². The Hall–Kier alpha value is -1.47. The van der Waals surface area contributed by atoms with Crippen LogP contribution >= 0.6 is 0 Å². The molecule has 0 aromatic carbocycles. The van der Waals surface area contributed by atoms with Crippen LogP contribution in [0.5, 0.6) is 0 Å². The van der Waals surface area contributed by atoms with Crippen LogP contribution in [0.15, 0.2) is 0 Å². The van der Waals surface area contributed by atoms with Crippen LogP contribution in [0, 0.1) is 0 Å². The molecule has 5 nitrogen and oxygen atoms in total. The molecule has 104 valence electrons. The van der Waals surface area contributed by atoms with Gasteiger partial charge < -0.3 is 15.3 Å². The number of hydrogen-bond acceptors (Lipinski definition) is 2. The summed E-state index contributed by atoms with van der Waals surface area (Å²) in [6, 6.07) is -1.45. The number of carbonyl (C=O) groups excluding carboxylic acids is 1. The van der Waals surface area contributed by atoms with Crippen LogP contribution in [0.25, 0.3) is 0 Å². The fourth-order valence-corrected chi connectivity index (χ4v) is 1.34. The van der Waals surface area contributed by atoms with Gasteiger partial charge in [-0.05, 0) is 26.7 Å². The molecule has 0 unspecified atom stereocenters. The van der Waals surface area contributed by atoms with Crippen molar-refractivity contribution < 1.29 is 27.9 Å². The fraction of sp³-hybridized carbons (Fsp3) is 0.800. The highest BCUT2D eigenvalue weighted by molar-refractivity contribution is 5.85. The van der Waals surface area contributed by atoms with Gasteiger partial charge in [0.2, 0.25) is 0 Å². The van der Waals surface area contributed by atoms with Crippen molar-refractivity contribution in [1.82, 2.24) is 10.2 Å². The van der Waals surface area contributed by atoms with Gasteiger partial charge in [-0.25, -0.2) is 9.59 Å². The Morgan fingerprint density at radius 3 is 2.17 bits per heavy atom. The van der Waals surface area contributed by atoms with Crippen molar-refractivity contribution in [2.75, 3.05) is 6.54 Å². The van der Waals surface area contributed by atoms with E-state index in [2.05, 4.69) is 5.32 Å². The topological polar surface area (TPSA) is 69.6 Å². The second-order valence-electron chi connectivity index (χ2n) is 4.83. The molecule has 0 saturated heterocycles. The summed E-state index contributed by atoms with van der Waals surface area (Å²) in [4.78, 5) is 23.1. The number of urea groups is 1. The second kappa shape index (κ2) is 4.66. The van der Waals surface area contributed by atoms with Crippen molar-refractivity contribution in [3.8, 4) is 0 Å². The predicted octanol–water partition coefficient (Wildman–Crippen LogP) is 1.59. The lowest BCUT2D eigenvalue weighted by Gasteiger charge is -2.28. The third-order valence-electron chi connectivity index (χ3n) is 2.55. The van der Waals surface area contributed by atoms with E-state index in [-0.39, 0.29) is 0 Å². The molecule has 0 aromatic heterocycles. The number of aliphatic carboxylic acids is 1. The Labute approximate surface area is 102 Å². The number of carbonyl (C=O) groups is 2. The van der Waals surface area contributed by atoms with E-state index in [1.54, 1.807) is 0 Å². The Morgan fingerprint density at radius 1 is 1.33 bits per heavy atom. The summed E-state index contributed by atoms with van der Waals surface area (Å²) in [6.45, 7) is 1.07. The smallest absolute Gasteiger partial charge is 0.406 e. The normalized spacial score (nSPS) is 16.3. The number of rotatable bonds is 4. The molecule has 0 aromatic rings. The zero-order chi connectivity index (χ0) is 14.1. The van der Waals surface area contributed by atoms with Crippen LogP contribution in [0.3, 0.4) is 0 Å². The molecule has 18 heavy (non-hydrogen) atoms. The van der Waals surface area contributed by atoms with E-state index in [9.17, 15) is 22.8 Å². The average molecular weight is 268 g/mol. The number of carboxylic acids is 1. The van der Waals surface area contributed by atoms with E-state index < -0.39 is 36.3 Å². The molecule has 0 aliphatic heterocycles. The molecule has 0 heterocycles. The Bertz CT molecular complexity index is 351. The molecule has 1 aliphatic carbocycles. The van der Waals surface area contributed by atoms with Gasteiger partial charge in [-0.3, -0.25) is 0 Å². The predicted molar refractivity (Wildman–Crippen MR) is 56.0 cm³/mol. The Balaban J connectivity index is 2.69. The molecule has 2 amide bonds. The Morgan fingerprint density at radius 2 is 1.83 bits per heavy atom. The van der Waals surface area contributed by atoms with E-state index in [4.69, 9.17) is 5.11 Å². The SMILES string of the molecule is CC(C)(NC(=O)N(CC(F)(F)F)C1CC1)C(=O)O. The van der Waals surface area contributed by atoms with Crippen molar-refractivity contribution >= 4 is 12.0 Å². The van der Waals surface area contributed by atoms with Crippen molar-refractivity contribution in [3.63, 3.8) is 0 Å². The van der Waals surface area contributed by atoms with Crippen LogP contribution in [0.4, 0.5) is 18.0 Å². The van der Waals surface area contributed by atoms with Crippen LogP contribution in [-0.2, 0) is 4.79 Å². The van der Waals surface area contributed by atoms with Gasteiger partial charge in [0.05, 0.1) is 0 Å². The first kappa shape index (κ1) is 14.6. The van der Waals surface area contributed by atoms with E-state index in [0.29, 0.717) is 17.7 Å². The first-order valence-corrected chi connectivity index (χ1v) is 5.42. The standard InChI is InChI=1S/C10H15F3N2O3/c1-9(2,7(16)17)14-8(18)15(6-3-4-6)5-10(11,12)13/h6H,3-5H2,1-2H3,(H,14,18)(H,16,17). The first-order valence-electron chi connectivity index (χ1n) is 5.42. The van der Waals surface area contributed by atoms with Crippen LogP contribution < -0.4 is 5.32 Å². The largest absolute Gasteiger partial charge is 0.480 e. The third kappa shape index (κ3) is 4.08. The summed E-state index contributed by atoms with van der Waals surface area (Å²) in [6.07, 6.45) is -3.47. The quantitative estimate of drug-likeness (QED) is 0.813. The van der Waals surface area contributed by atoms with E-state index in [1.807, 2.05) is 0 Å². The zero-order valence-corrected chi connectivity index (χ0v) is 10.0. The Kier molecular flexibility index (Phi) is 3.78. The molecule has 8 heteroatoms. The minimum atomic E-state index is -4.49. The summed E-state index contributed by atoms with van der Waals surface area (Å²) < 4.78 is 36.9. The molecule has 0 radical (unpaired) electrons. The number of carboxylic acid groups (broad SMARTS) is 1. The van der Waals surface area contributed by atoms with Gasteiger partial charge in [-0.15, -0.1) is 0 Å². The summed E-state index contributed by atoms with van der Waals surface area (Å²) in [7, 11) is 0. The molecular formula is C10H15F3N2O3. The van der Waals surface area contributed by atoms with Crippen molar-refractivity contribution in [3.05, 3.63) is 0 Å². The van der Waals surface area contributed by atoms with Gasteiger partial charge >= 0.3 is 18.2 Å². The van der Waals surface area contributed by atoms with Crippen LogP contribution in [0.2, 0.25) is 0 Å². The van der Waals surface area contributed by atoms with Crippen molar-refractivity contribution in [2.45, 2.75) is 44.4 Å². The monoisotopic (exact) mass is 268 g/mol. The highest BCUT2D eigenvalue weighted by Crippen LogP contribution is 2.30. The summed E-state index contributed by atoms with van der Waals surface area (Å²) in [5.41, 5.74) is -1.60. The number of nitrogens with zero attached hydrogens (tertiary/aromatic N) is 1. The number of amides is 2. The maximum atomic E-state index is 12.3. The molecule has 0 atom stereocenters. The van der Waals surface area contributed by atoms with Crippen LogP contribution in [0.1, 0.15) is 26.7 Å². The van der Waals surface area contributed by atoms with Gasteiger partial charge in [-0.2, -0.15) is 13.2 Å². The molecule has 1 fully saturated rings. The van der Waals surface area contributed by atoms with E-state index >= 15 is 0 Å². The molecular weight excluding hydrogens is 253 g/mol. The minimum absolute atomic E-state index is 0.448. The third-order valence-corrected chi connectivity index (χ3v) is 2.55. The second-order valence-corrected chi connectivity index (χ2v) is 4.83. The van der Waals surface area contributed by atoms with Crippen LogP contribution in [-0.4, -0.2) is 46.3 Å². The zero-order valence-electron chi connectivity index (χ0n) is 10.0. The van der Waals surface area contributed by atoms with Gasteiger partial charge in [-0.1, -0.05) is 0 Å². The highest BCUT2D eigenvalue weighted by atomic mass is 19.4. The maximum Gasteiger partial charge on any atom is 0.406 e. The number of halogens is 3. The summed E-state index contributed by atoms with van der Waals surface area (Å²) >= 11 is 0. The fourth-order valence-electron chi connectivity index (χ4n) is 1.34. The van der Waals surface area contributed by atoms with Crippen molar-refractivity contribution in [2.24, 2.45) is 0 Å². The maximum absolute atomic E-state index is 12.3. The van der Waals surface area contributed by atoms with Gasteiger partial charge in [0.15, 0.2) is 0 Å². The number of hydrogen-bond donors (Lipinski definition) is 2. The van der Waals surface area contributed by atoms with E-state index in [1.165, 1.54) is 13.8 Å². The number of nitrogens with one attached hydrogen (secondary N) is 1. The van der Waals surface area contributed by atoms with Crippen molar-refractivity contribution in [1.29, 1.82) is 0 Å². The minimum Gasteiger partial charge on any atom is -0.480 e. The average Bonchev–Trinajstić information content (AvgIpc) is 2.94. The molecule has 1 rings (SSSR count). The molecule has 0 bridgehead atoms. The molecule has 1 saturated carbocycles. The molecule has 1 aliphatic rings. The van der Waals surface area contributed by atoms with Gasteiger partial charge in [0, 0.05) is 6.04 Å².